The molecule has 0 bridgehead atoms. The van der Waals surface area contributed by atoms with Crippen LogP contribution in [0.4, 0.5) is 13.2 Å². The summed E-state index contributed by atoms with van der Waals surface area (Å²) in [5, 5.41) is 2.74. The number of hydrogen-bond donors (Lipinski definition) is 2. The molecule has 0 aliphatic carbocycles. The number of aromatic amines is 1. The van der Waals surface area contributed by atoms with Crippen molar-refractivity contribution in [2.45, 2.75) is 31.1 Å². The fraction of sp³-hybridized carbons (Fsp3) is 0.583. The number of carbonyl (C=O) groups excluding carboxylic acids is 1. The fourth-order valence-corrected chi connectivity index (χ4v) is 2.41. The zero-order valence-corrected chi connectivity index (χ0v) is 10.5. The van der Waals surface area contributed by atoms with Gasteiger partial charge in [-0.25, -0.2) is 0 Å². The molecule has 2 rings (SSSR count). The van der Waals surface area contributed by atoms with Crippen molar-refractivity contribution < 1.29 is 18.0 Å². The van der Waals surface area contributed by atoms with E-state index in [0.29, 0.717) is 12.1 Å². The van der Waals surface area contributed by atoms with Crippen LogP contribution in [0.2, 0.25) is 0 Å². The number of halogens is 3. The number of nitrogens with zero attached hydrogens (tertiary/aromatic N) is 1. The van der Waals surface area contributed by atoms with Crippen LogP contribution in [0, 0.1) is 0 Å². The second-order valence-electron chi connectivity index (χ2n) is 4.83. The summed E-state index contributed by atoms with van der Waals surface area (Å²) in [6.45, 7) is 0.205. The van der Waals surface area contributed by atoms with Crippen LogP contribution in [0.5, 0.6) is 0 Å². The molecule has 7 heteroatoms. The molecule has 4 nitrogen and oxygen atoms in total. The molecule has 19 heavy (non-hydrogen) atoms. The topological polar surface area (TPSA) is 48.1 Å². The third-order valence-corrected chi connectivity index (χ3v) is 3.38. The number of H-pyrrole nitrogens is 1. The van der Waals surface area contributed by atoms with Crippen molar-refractivity contribution in [2.24, 2.45) is 0 Å². The summed E-state index contributed by atoms with van der Waals surface area (Å²) in [5.41, 5.74) is 0.417. The van der Waals surface area contributed by atoms with Crippen molar-refractivity contribution in [3.8, 4) is 0 Å². The smallest absolute Gasteiger partial charge is 0.357 e. The van der Waals surface area contributed by atoms with Crippen molar-refractivity contribution >= 4 is 5.91 Å². The highest BCUT2D eigenvalue weighted by Gasteiger charge is 2.44. The lowest BCUT2D eigenvalue weighted by Crippen LogP contribution is -2.54. The van der Waals surface area contributed by atoms with Crippen LogP contribution in [0.25, 0.3) is 0 Å². The standard InChI is InChI=1S/C12H16F3N3O/c1-18-7-8(4-5-10(18)12(13,14)15)17-11(19)9-3-2-6-16-9/h2-3,6,8,10,16H,4-5,7H2,1H3,(H,17,19)/t8-,10-/m0/s1. The summed E-state index contributed by atoms with van der Waals surface area (Å²) in [4.78, 5) is 15.8. The Balaban J connectivity index is 1.90. The number of carbonyl (C=O) groups is 1. The molecule has 1 aliphatic heterocycles. The van der Waals surface area contributed by atoms with Crippen molar-refractivity contribution in [1.82, 2.24) is 15.2 Å². The van der Waals surface area contributed by atoms with Crippen molar-refractivity contribution in [2.75, 3.05) is 13.6 Å². The van der Waals surface area contributed by atoms with Gasteiger partial charge in [-0.2, -0.15) is 13.2 Å². The highest BCUT2D eigenvalue weighted by atomic mass is 19.4. The molecule has 0 spiro atoms. The fourth-order valence-electron chi connectivity index (χ4n) is 2.41. The Kier molecular flexibility index (Phi) is 3.84. The van der Waals surface area contributed by atoms with E-state index in [2.05, 4.69) is 10.3 Å². The molecule has 1 aliphatic rings. The van der Waals surface area contributed by atoms with Crippen LogP contribution in [0.1, 0.15) is 23.3 Å². The Bertz CT molecular complexity index is 430. The number of likely N-dealkylation sites (tertiary alicyclic amines) is 1. The van der Waals surface area contributed by atoms with Gasteiger partial charge in [0.25, 0.3) is 5.91 Å². The maximum atomic E-state index is 12.7. The first-order chi connectivity index (χ1) is 8.88. The third kappa shape index (κ3) is 3.28. The van der Waals surface area contributed by atoms with E-state index < -0.39 is 12.2 Å². The molecule has 2 atom stereocenters. The number of alkyl halides is 3. The third-order valence-electron chi connectivity index (χ3n) is 3.38. The number of likely N-dealkylation sites (N-methyl/N-ethyl adjacent to an activating group) is 1. The minimum Gasteiger partial charge on any atom is -0.357 e. The lowest BCUT2D eigenvalue weighted by atomic mass is 9.98. The lowest BCUT2D eigenvalue weighted by molar-refractivity contribution is -0.188. The van der Waals surface area contributed by atoms with E-state index in [9.17, 15) is 18.0 Å². The largest absolute Gasteiger partial charge is 0.404 e. The van der Waals surface area contributed by atoms with Crippen LogP contribution in [-0.4, -0.2) is 47.6 Å². The summed E-state index contributed by atoms with van der Waals surface area (Å²) < 4.78 is 38.0. The summed E-state index contributed by atoms with van der Waals surface area (Å²) in [6.07, 6.45) is -2.23. The quantitative estimate of drug-likeness (QED) is 0.864. The molecule has 0 aromatic carbocycles. The average molecular weight is 275 g/mol. The van der Waals surface area contributed by atoms with Gasteiger partial charge in [0.05, 0.1) is 0 Å². The monoisotopic (exact) mass is 275 g/mol. The van der Waals surface area contributed by atoms with E-state index in [4.69, 9.17) is 0 Å². The van der Waals surface area contributed by atoms with E-state index in [-0.39, 0.29) is 24.9 Å². The molecular weight excluding hydrogens is 259 g/mol. The Morgan fingerprint density at radius 1 is 1.47 bits per heavy atom. The van der Waals surface area contributed by atoms with Gasteiger partial charge in [0.1, 0.15) is 11.7 Å². The molecule has 2 heterocycles. The molecule has 2 N–H and O–H groups in total. The van der Waals surface area contributed by atoms with Crippen molar-refractivity contribution in [1.29, 1.82) is 0 Å². The molecule has 1 amide bonds. The van der Waals surface area contributed by atoms with Crippen LogP contribution in [0.3, 0.4) is 0 Å². The second-order valence-corrected chi connectivity index (χ2v) is 4.83. The Labute approximate surface area is 109 Å². The van der Waals surface area contributed by atoms with Crippen molar-refractivity contribution in [3.05, 3.63) is 24.0 Å². The molecule has 106 valence electrons. The lowest BCUT2D eigenvalue weighted by Gasteiger charge is -2.38. The molecule has 1 aromatic heterocycles. The van der Waals surface area contributed by atoms with Crippen LogP contribution in [0.15, 0.2) is 18.3 Å². The zero-order valence-electron chi connectivity index (χ0n) is 10.5. The minimum absolute atomic E-state index is 0.00960. The van der Waals surface area contributed by atoms with Gasteiger partial charge >= 0.3 is 6.18 Å². The first-order valence-electron chi connectivity index (χ1n) is 6.09. The highest BCUT2D eigenvalue weighted by molar-refractivity contribution is 5.92. The van der Waals surface area contributed by atoms with E-state index in [1.54, 1.807) is 18.3 Å². The van der Waals surface area contributed by atoms with E-state index in [0.717, 1.165) is 0 Å². The molecular formula is C12H16F3N3O. The SMILES string of the molecule is CN1C[C@@H](NC(=O)c2ccc[nH]2)CC[C@H]1C(F)(F)F. The second kappa shape index (κ2) is 5.24. The number of hydrogen-bond acceptors (Lipinski definition) is 2. The predicted octanol–water partition coefficient (Wildman–Crippen LogP) is 1.77. The summed E-state index contributed by atoms with van der Waals surface area (Å²) >= 11 is 0. The van der Waals surface area contributed by atoms with Gasteiger partial charge in [-0.3, -0.25) is 9.69 Å². The summed E-state index contributed by atoms with van der Waals surface area (Å²) in [6, 6.07) is 1.66. The van der Waals surface area contributed by atoms with Gasteiger partial charge in [0.15, 0.2) is 0 Å². The molecule has 1 aromatic rings. The molecule has 0 radical (unpaired) electrons. The molecule has 1 fully saturated rings. The highest BCUT2D eigenvalue weighted by Crippen LogP contribution is 2.30. The Morgan fingerprint density at radius 2 is 2.21 bits per heavy atom. The first kappa shape index (κ1) is 13.9. The van der Waals surface area contributed by atoms with E-state index in [1.807, 2.05) is 0 Å². The van der Waals surface area contributed by atoms with E-state index in [1.165, 1.54) is 11.9 Å². The predicted molar refractivity (Wildman–Crippen MR) is 63.8 cm³/mol. The van der Waals surface area contributed by atoms with Gasteiger partial charge in [0.2, 0.25) is 0 Å². The van der Waals surface area contributed by atoms with Crippen LogP contribution < -0.4 is 5.32 Å². The average Bonchev–Trinajstić information content (AvgIpc) is 2.80. The number of rotatable bonds is 2. The molecule has 1 saturated heterocycles. The number of aromatic nitrogens is 1. The number of piperidine rings is 1. The number of amides is 1. The molecule has 0 unspecified atom stereocenters. The summed E-state index contributed by atoms with van der Waals surface area (Å²) in [7, 11) is 1.44. The maximum absolute atomic E-state index is 12.7. The normalized spacial score (nSPS) is 25.3. The van der Waals surface area contributed by atoms with E-state index >= 15 is 0 Å². The van der Waals surface area contributed by atoms with Gasteiger partial charge in [-0.05, 0) is 32.0 Å². The Hall–Kier alpha value is -1.50. The summed E-state index contributed by atoms with van der Waals surface area (Å²) in [5.74, 6) is -0.283. The van der Waals surface area contributed by atoms with Gasteiger partial charge in [-0.1, -0.05) is 0 Å². The van der Waals surface area contributed by atoms with Gasteiger partial charge in [-0.15, -0.1) is 0 Å². The van der Waals surface area contributed by atoms with Gasteiger partial charge < -0.3 is 10.3 Å². The minimum atomic E-state index is -4.21. The van der Waals surface area contributed by atoms with Crippen LogP contribution >= 0.6 is 0 Å². The van der Waals surface area contributed by atoms with Crippen LogP contribution in [-0.2, 0) is 0 Å². The Morgan fingerprint density at radius 3 is 2.74 bits per heavy atom. The van der Waals surface area contributed by atoms with Gasteiger partial charge in [0, 0.05) is 18.8 Å². The first-order valence-corrected chi connectivity index (χ1v) is 6.09. The maximum Gasteiger partial charge on any atom is 0.404 e. The van der Waals surface area contributed by atoms with Crippen molar-refractivity contribution in [3.63, 3.8) is 0 Å². The number of nitrogens with one attached hydrogen (secondary N) is 2. The molecule has 0 saturated carbocycles. The zero-order chi connectivity index (χ0) is 14.0.